The van der Waals surface area contributed by atoms with Crippen LogP contribution in [0.15, 0.2) is 42.5 Å². The smallest absolute Gasteiger partial charge is 0.383 e. The standard InChI is InChI=1S/C25H24F7NO3/c1-23(11-19(34)22(35)33-23)18-6-7-20(21(18)14-2-4-17(26)5-3-14)36-12-13-8-15(24(27,28)29)10-16(9-13)25(30,31)32/h2-5,8-10,18-21,34H,6-7,11-12H2,1H3,(H,33,35)/t18?,19-,20+,21+,23?/m1/s1. The van der Waals surface area contributed by atoms with Gasteiger partial charge in [0.2, 0.25) is 5.91 Å². The number of alkyl halides is 6. The SMILES string of the molecule is CC1(C2CC[C@H](OCc3cc(C(F)(F)F)cc(C(F)(F)F)c3)[C@H]2c2ccc(F)cc2)C[C@@H](O)C(=O)N1. The Labute approximate surface area is 202 Å². The first-order valence-corrected chi connectivity index (χ1v) is 11.3. The predicted octanol–water partition coefficient (Wildman–Crippen LogP) is 5.58. The van der Waals surface area contributed by atoms with Gasteiger partial charge in [0.1, 0.15) is 11.9 Å². The first kappa shape index (κ1) is 26.4. The van der Waals surface area contributed by atoms with Crippen LogP contribution in [0.1, 0.15) is 54.4 Å². The summed E-state index contributed by atoms with van der Waals surface area (Å²) in [6, 6.07) is 6.88. The van der Waals surface area contributed by atoms with E-state index in [1.165, 1.54) is 24.3 Å². The molecule has 1 saturated carbocycles. The minimum atomic E-state index is -4.97. The van der Waals surface area contributed by atoms with E-state index in [0.29, 0.717) is 30.5 Å². The summed E-state index contributed by atoms with van der Waals surface area (Å²) < 4.78 is 98.9. The van der Waals surface area contributed by atoms with E-state index in [-0.39, 0.29) is 24.0 Å². The molecule has 1 aliphatic carbocycles. The molecule has 5 atom stereocenters. The third-order valence-electron chi connectivity index (χ3n) is 7.11. The Hall–Kier alpha value is -2.66. The van der Waals surface area contributed by atoms with Crippen LogP contribution in [0.4, 0.5) is 30.7 Å². The third kappa shape index (κ3) is 5.36. The molecule has 11 heteroatoms. The Morgan fingerprint density at radius 1 is 1.00 bits per heavy atom. The summed E-state index contributed by atoms with van der Waals surface area (Å²) in [7, 11) is 0. The number of ether oxygens (including phenoxy) is 1. The lowest BCUT2D eigenvalue weighted by molar-refractivity contribution is -0.143. The van der Waals surface area contributed by atoms with Crippen LogP contribution in [0.2, 0.25) is 0 Å². The summed E-state index contributed by atoms with van der Waals surface area (Å²) in [6.07, 6.45) is -10.7. The zero-order valence-corrected chi connectivity index (χ0v) is 19.1. The quantitative estimate of drug-likeness (QED) is 0.507. The van der Waals surface area contributed by atoms with E-state index in [9.17, 15) is 40.6 Å². The molecular formula is C25H24F7NO3. The van der Waals surface area contributed by atoms with Gasteiger partial charge < -0.3 is 15.2 Å². The highest BCUT2D eigenvalue weighted by molar-refractivity contribution is 5.84. The molecule has 0 aromatic heterocycles. The van der Waals surface area contributed by atoms with Gasteiger partial charge >= 0.3 is 12.4 Å². The van der Waals surface area contributed by atoms with Crippen molar-refractivity contribution in [2.75, 3.05) is 0 Å². The lowest BCUT2D eigenvalue weighted by atomic mass is 9.74. The minimum Gasteiger partial charge on any atom is -0.383 e. The largest absolute Gasteiger partial charge is 0.416 e. The fourth-order valence-electron chi connectivity index (χ4n) is 5.46. The molecule has 4 rings (SSSR count). The van der Waals surface area contributed by atoms with E-state index in [0.717, 1.165) is 0 Å². The van der Waals surface area contributed by atoms with E-state index in [4.69, 9.17) is 4.74 Å². The van der Waals surface area contributed by atoms with Gasteiger partial charge in [-0.1, -0.05) is 12.1 Å². The second-order valence-corrected chi connectivity index (χ2v) is 9.65. The highest BCUT2D eigenvalue weighted by Crippen LogP contribution is 2.49. The number of carbonyl (C=O) groups excluding carboxylic acids is 1. The number of nitrogens with one attached hydrogen (secondary N) is 1. The van der Waals surface area contributed by atoms with Gasteiger partial charge in [0.15, 0.2) is 0 Å². The number of hydrogen-bond donors (Lipinski definition) is 2. The highest BCUT2D eigenvalue weighted by atomic mass is 19.4. The van der Waals surface area contributed by atoms with Crippen LogP contribution in [0.5, 0.6) is 0 Å². The molecule has 1 heterocycles. The van der Waals surface area contributed by atoms with Crippen molar-refractivity contribution in [1.82, 2.24) is 5.32 Å². The van der Waals surface area contributed by atoms with Gasteiger partial charge in [0, 0.05) is 17.9 Å². The number of aliphatic hydroxyl groups excluding tert-OH is 1. The predicted molar refractivity (Wildman–Crippen MR) is 114 cm³/mol. The molecule has 2 fully saturated rings. The van der Waals surface area contributed by atoms with E-state index >= 15 is 0 Å². The van der Waals surface area contributed by atoms with Gasteiger partial charge in [-0.15, -0.1) is 0 Å². The fraction of sp³-hybridized carbons (Fsp3) is 0.480. The Bertz CT molecular complexity index is 1080. The molecule has 36 heavy (non-hydrogen) atoms. The van der Waals surface area contributed by atoms with Crippen LogP contribution in [0, 0.1) is 11.7 Å². The number of hydrogen-bond acceptors (Lipinski definition) is 3. The van der Waals surface area contributed by atoms with Crippen molar-refractivity contribution in [3.8, 4) is 0 Å². The molecular weight excluding hydrogens is 495 g/mol. The van der Waals surface area contributed by atoms with Crippen molar-refractivity contribution in [3.63, 3.8) is 0 Å². The molecule has 0 spiro atoms. The third-order valence-corrected chi connectivity index (χ3v) is 7.11. The van der Waals surface area contributed by atoms with Crippen molar-refractivity contribution in [1.29, 1.82) is 0 Å². The lowest BCUT2D eigenvalue weighted by Crippen LogP contribution is -2.47. The van der Waals surface area contributed by atoms with Crippen LogP contribution >= 0.6 is 0 Å². The molecule has 0 bridgehead atoms. The Kier molecular flexibility index (Phi) is 6.85. The van der Waals surface area contributed by atoms with Gasteiger partial charge in [0.05, 0.1) is 23.8 Å². The second kappa shape index (κ2) is 9.33. The molecule has 1 saturated heterocycles. The average Bonchev–Trinajstić information content (AvgIpc) is 3.32. The molecule has 2 aromatic rings. The number of halogens is 7. The molecule has 1 amide bonds. The van der Waals surface area contributed by atoms with Crippen LogP contribution in [0.25, 0.3) is 0 Å². The maximum atomic E-state index is 13.6. The van der Waals surface area contributed by atoms with E-state index < -0.39 is 65.5 Å². The molecule has 2 N–H and O–H groups in total. The maximum Gasteiger partial charge on any atom is 0.416 e. The van der Waals surface area contributed by atoms with Crippen molar-refractivity contribution in [3.05, 3.63) is 70.5 Å². The Morgan fingerprint density at radius 3 is 2.08 bits per heavy atom. The van der Waals surface area contributed by atoms with Crippen molar-refractivity contribution < 1.29 is 45.4 Å². The molecule has 4 nitrogen and oxygen atoms in total. The molecule has 0 radical (unpaired) electrons. The summed E-state index contributed by atoms with van der Waals surface area (Å²) >= 11 is 0. The molecule has 1 aliphatic heterocycles. The molecule has 2 aromatic carbocycles. The summed E-state index contributed by atoms with van der Waals surface area (Å²) in [6.45, 7) is 1.26. The Balaban J connectivity index is 1.63. The first-order chi connectivity index (χ1) is 16.7. The van der Waals surface area contributed by atoms with Crippen molar-refractivity contribution in [2.24, 2.45) is 5.92 Å². The van der Waals surface area contributed by atoms with Gasteiger partial charge in [-0.05, 0) is 67.1 Å². The number of rotatable bonds is 5. The van der Waals surface area contributed by atoms with Crippen LogP contribution < -0.4 is 5.32 Å². The Morgan fingerprint density at radius 2 is 1.58 bits per heavy atom. The first-order valence-electron chi connectivity index (χ1n) is 11.3. The molecule has 2 unspecified atom stereocenters. The van der Waals surface area contributed by atoms with Gasteiger partial charge in [-0.25, -0.2) is 4.39 Å². The maximum absolute atomic E-state index is 13.6. The topological polar surface area (TPSA) is 58.6 Å². The zero-order valence-electron chi connectivity index (χ0n) is 19.1. The van der Waals surface area contributed by atoms with E-state index in [2.05, 4.69) is 5.32 Å². The summed E-state index contributed by atoms with van der Waals surface area (Å²) in [5.74, 6) is -1.73. The van der Waals surface area contributed by atoms with Crippen LogP contribution in [-0.4, -0.2) is 28.8 Å². The summed E-state index contributed by atoms with van der Waals surface area (Å²) in [5, 5.41) is 12.8. The van der Waals surface area contributed by atoms with Crippen LogP contribution in [-0.2, 0) is 28.5 Å². The summed E-state index contributed by atoms with van der Waals surface area (Å²) in [4.78, 5) is 12.0. The van der Waals surface area contributed by atoms with Gasteiger partial charge in [0.25, 0.3) is 0 Å². The lowest BCUT2D eigenvalue weighted by Gasteiger charge is -2.37. The number of carbonyl (C=O) groups is 1. The fourth-order valence-corrected chi connectivity index (χ4v) is 5.46. The minimum absolute atomic E-state index is 0.0609. The summed E-state index contributed by atoms with van der Waals surface area (Å²) in [5.41, 5.74) is -3.31. The zero-order chi connectivity index (χ0) is 26.5. The van der Waals surface area contributed by atoms with Gasteiger partial charge in [-0.3, -0.25) is 4.79 Å². The monoisotopic (exact) mass is 519 g/mol. The number of aliphatic hydroxyl groups is 1. The van der Waals surface area contributed by atoms with Crippen LogP contribution in [0.3, 0.4) is 0 Å². The van der Waals surface area contributed by atoms with Crippen molar-refractivity contribution in [2.45, 2.75) is 68.8 Å². The van der Waals surface area contributed by atoms with E-state index in [1.54, 1.807) is 6.92 Å². The molecule has 2 aliphatic rings. The van der Waals surface area contributed by atoms with E-state index in [1.807, 2.05) is 0 Å². The normalized spacial score (nSPS) is 29.0. The van der Waals surface area contributed by atoms with Gasteiger partial charge in [-0.2, -0.15) is 26.3 Å². The number of benzene rings is 2. The number of amides is 1. The average molecular weight is 519 g/mol. The highest BCUT2D eigenvalue weighted by Gasteiger charge is 2.52. The second-order valence-electron chi connectivity index (χ2n) is 9.65. The van der Waals surface area contributed by atoms with Crippen molar-refractivity contribution >= 4 is 5.91 Å². The molecule has 196 valence electrons.